The van der Waals surface area contributed by atoms with Crippen LogP contribution in [0, 0.1) is 0 Å². The Kier molecular flexibility index (Phi) is 6.75. The molecule has 166 valence electrons. The second kappa shape index (κ2) is 9.87. The monoisotopic (exact) mass is 453 g/mol. The highest BCUT2D eigenvalue weighted by atomic mass is 35.5. The van der Waals surface area contributed by atoms with Gasteiger partial charge in [0.25, 0.3) is 11.8 Å². The summed E-state index contributed by atoms with van der Waals surface area (Å²) < 4.78 is 5.32. The highest BCUT2D eigenvalue weighted by Gasteiger charge is 2.27. The highest BCUT2D eigenvalue weighted by Crippen LogP contribution is 2.20. The molecule has 2 heterocycles. The summed E-state index contributed by atoms with van der Waals surface area (Å²) in [6.45, 7) is 1.02. The van der Waals surface area contributed by atoms with Crippen LogP contribution in [0.2, 0.25) is 5.02 Å². The standard InChI is InChI=1S/C24H24ClN3O4/c25-19-9-3-1-8-18(19)23(30)27-21(13-16-14-26-20-10-4-2-7-17(16)20)24(31)32-15-22(29)28-11-5-6-12-28/h1-4,7-10,14,21,26H,5-6,11-13,15H2,(H,27,30)/t21-/m0/s1. The Labute approximate surface area is 190 Å². The molecule has 1 saturated heterocycles. The van der Waals surface area contributed by atoms with Gasteiger partial charge >= 0.3 is 5.97 Å². The Morgan fingerprint density at radius 1 is 1.06 bits per heavy atom. The Morgan fingerprint density at radius 2 is 1.78 bits per heavy atom. The lowest BCUT2D eigenvalue weighted by Gasteiger charge is -2.19. The molecule has 0 aliphatic carbocycles. The Balaban J connectivity index is 1.51. The van der Waals surface area contributed by atoms with Crippen LogP contribution in [-0.2, 0) is 20.7 Å². The smallest absolute Gasteiger partial charge is 0.329 e. The minimum absolute atomic E-state index is 0.205. The number of H-pyrrole nitrogens is 1. The second-order valence-corrected chi connectivity index (χ2v) is 8.17. The number of nitrogens with one attached hydrogen (secondary N) is 2. The number of likely N-dealkylation sites (tertiary alicyclic amines) is 1. The van der Waals surface area contributed by atoms with E-state index in [-0.39, 0.29) is 29.5 Å². The molecule has 0 spiro atoms. The van der Waals surface area contributed by atoms with Gasteiger partial charge in [-0.05, 0) is 36.6 Å². The number of hydrogen-bond donors (Lipinski definition) is 2. The van der Waals surface area contributed by atoms with Gasteiger partial charge in [-0.25, -0.2) is 4.79 Å². The summed E-state index contributed by atoms with van der Waals surface area (Å²) in [5.74, 6) is -1.37. The number of nitrogens with zero attached hydrogens (tertiary/aromatic N) is 1. The first-order valence-corrected chi connectivity index (χ1v) is 11.0. The number of rotatable bonds is 7. The van der Waals surface area contributed by atoms with Crippen molar-refractivity contribution in [3.8, 4) is 0 Å². The lowest BCUT2D eigenvalue weighted by Crippen LogP contribution is -2.44. The van der Waals surface area contributed by atoms with Crippen molar-refractivity contribution in [3.63, 3.8) is 0 Å². The topological polar surface area (TPSA) is 91.5 Å². The van der Waals surface area contributed by atoms with Gasteiger partial charge in [0.2, 0.25) is 0 Å². The van der Waals surface area contributed by atoms with E-state index in [0.29, 0.717) is 13.1 Å². The minimum atomic E-state index is -0.982. The average Bonchev–Trinajstić information content (AvgIpc) is 3.48. The molecule has 0 bridgehead atoms. The highest BCUT2D eigenvalue weighted by molar-refractivity contribution is 6.33. The summed E-state index contributed by atoms with van der Waals surface area (Å²) in [4.78, 5) is 42.9. The predicted molar refractivity (Wildman–Crippen MR) is 121 cm³/mol. The molecule has 2 N–H and O–H groups in total. The van der Waals surface area contributed by atoms with Crippen LogP contribution in [0.25, 0.3) is 10.9 Å². The number of halogens is 1. The van der Waals surface area contributed by atoms with Crippen molar-refractivity contribution in [2.45, 2.75) is 25.3 Å². The molecule has 0 saturated carbocycles. The third-order valence-corrected chi connectivity index (χ3v) is 5.93. The van der Waals surface area contributed by atoms with E-state index in [2.05, 4.69) is 10.3 Å². The van der Waals surface area contributed by atoms with Gasteiger partial charge < -0.3 is 19.9 Å². The summed E-state index contributed by atoms with van der Waals surface area (Å²) >= 11 is 6.15. The van der Waals surface area contributed by atoms with E-state index < -0.39 is 17.9 Å². The number of benzene rings is 2. The third kappa shape index (κ3) is 4.94. The number of hydrogen-bond acceptors (Lipinski definition) is 4. The van der Waals surface area contributed by atoms with Crippen LogP contribution in [0.4, 0.5) is 0 Å². The van der Waals surface area contributed by atoms with Crippen molar-refractivity contribution in [1.82, 2.24) is 15.2 Å². The van der Waals surface area contributed by atoms with E-state index in [1.807, 2.05) is 30.5 Å². The van der Waals surface area contributed by atoms with Crippen molar-refractivity contribution in [2.24, 2.45) is 0 Å². The zero-order valence-electron chi connectivity index (χ0n) is 17.5. The third-order valence-electron chi connectivity index (χ3n) is 5.60. The molecular formula is C24H24ClN3O4. The van der Waals surface area contributed by atoms with Crippen LogP contribution in [0.5, 0.6) is 0 Å². The molecule has 0 unspecified atom stereocenters. The van der Waals surface area contributed by atoms with Gasteiger partial charge in [-0.3, -0.25) is 9.59 Å². The maximum Gasteiger partial charge on any atom is 0.329 e. The van der Waals surface area contributed by atoms with E-state index in [0.717, 1.165) is 29.3 Å². The Bertz CT molecular complexity index is 1140. The molecule has 1 aromatic heterocycles. The zero-order valence-corrected chi connectivity index (χ0v) is 18.2. The average molecular weight is 454 g/mol. The molecular weight excluding hydrogens is 430 g/mol. The molecule has 2 amide bonds. The lowest BCUT2D eigenvalue weighted by atomic mass is 10.0. The molecule has 1 aliphatic heterocycles. The number of fused-ring (bicyclic) bond motifs is 1. The van der Waals surface area contributed by atoms with Crippen molar-refractivity contribution < 1.29 is 19.1 Å². The molecule has 32 heavy (non-hydrogen) atoms. The normalized spacial score (nSPS) is 14.3. The van der Waals surface area contributed by atoms with Gasteiger partial charge in [0, 0.05) is 36.6 Å². The van der Waals surface area contributed by atoms with Crippen LogP contribution >= 0.6 is 11.6 Å². The van der Waals surface area contributed by atoms with Crippen LogP contribution in [-0.4, -0.2) is 53.4 Å². The van der Waals surface area contributed by atoms with E-state index in [1.165, 1.54) is 0 Å². The van der Waals surface area contributed by atoms with Gasteiger partial charge in [-0.1, -0.05) is 41.9 Å². The summed E-state index contributed by atoms with van der Waals surface area (Å²) in [5.41, 5.74) is 2.04. The lowest BCUT2D eigenvalue weighted by molar-refractivity contribution is -0.153. The maximum atomic E-state index is 12.9. The fourth-order valence-electron chi connectivity index (χ4n) is 3.89. The SMILES string of the molecule is O=C(N[C@@H](Cc1c[nH]c2ccccc12)C(=O)OCC(=O)N1CCCC1)c1ccccc1Cl. The van der Waals surface area contributed by atoms with Crippen LogP contribution in [0.15, 0.2) is 54.7 Å². The second-order valence-electron chi connectivity index (χ2n) is 7.77. The first-order valence-electron chi connectivity index (χ1n) is 10.6. The molecule has 7 nitrogen and oxygen atoms in total. The van der Waals surface area contributed by atoms with Crippen LogP contribution < -0.4 is 5.32 Å². The van der Waals surface area contributed by atoms with E-state index in [1.54, 1.807) is 29.2 Å². The number of amides is 2. The van der Waals surface area contributed by atoms with Crippen molar-refractivity contribution in [1.29, 1.82) is 0 Å². The van der Waals surface area contributed by atoms with E-state index in [9.17, 15) is 14.4 Å². The molecule has 1 fully saturated rings. The fraction of sp³-hybridized carbons (Fsp3) is 0.292. The first-order chi connectivity index (χ1) is 15.5. The number of ether oxygens (including phenoxy) is 1. The quantitative estimate of drug-likeness (QED) is 0.537. The summed E-state index contributed by atoms with van der Waals surface area (Å²) in [6.07, 6.45) is 3.92. The van der Waals surface area contributed by atoms with Crippen LogP contribution in [0.3, 0.4) is 0 Å². The maximum absolute atomic E-state index is 12.9. The van der Waals surface area contributed by atoms with Gasteiger partial charge in [-0.15, -0.1) is 0 Å². The molecule has 1 atom stereocenters. The van der Waals surface area contributed by atoms with Crippen molar-refractivity contribution >= 4 is 40.3 Å². The van der Waals surface area contributed by atoms with E-state index in [4.69, 9.17) is 16.3 Å². The molecule has 4 rings (SSSR count). The summed E-state index contributed by atoms with van der Waals surface area (Å²) in [5, 5.41) is 3.97. The number of carbonyl (C=O) groups is 3. The van der Waals surface area contributed by atoms with Crippen molar-refractivity contribution in [3.05, 3.63) is 70.9 Å². The zero-order chi connectivity index (χ0) is 22.5. The minimum Gasteiger partial charge on any atom is -0.454 e. The number of aromatic amines is 1. The molecule has 2 aromatic carbocycles. The van der Waals surface area contributed by atoms with E-state index >= 15 is 0 Å². The largest absolute Gasteiger partial charge is 0.454 e. The van der Waals surface area contributed by atoms with Crippen LogP contribution in [0.1, 0.15) is 28.8 Å². The van der Waals surface area contributed by atoms with Gasteiger partial charge in [-0.2, -0.15) is 0 Å². The summed E-state index contributed by atoms with van der Waals surface area (Å²) in [7, 11) is 0. The van der Waals surface area contributed by atoms with Gasteiger partial charge in [0.05, 0.1) is 10.6 Å². The molecule has 0 radical (unpaired) electrons. The van der Waals surface area contributed by atoms with Gasteiger partial charge in [0.15, 0.2) is 6.61 Å². The molecule has 8 heteroatoms. The molecule has 3 aromatic rings. The van der Waals surface area contributed by atoms with Crippen molar-refractivity contribution in [2.75, 3.05) is 19.7 Å². The number of esters is 1. The number of carbonyl (C=O) groups excluding carboxylic acids is 3. The summed E-state index contributed by atoms with van der Waals surface area (Å²) in [6, 6.07) is 13.3. The Morgan fingerprint density at radius 3 is 2.56 bits per heavy atom. The predicted octanol–water partition coefficient (Wildman–Crippen LogP) is 3.33. The first kappa shape index (κ1) is 21.9. The number of para-hydroxylation sites is 1. The fourth-order valence-corrected chi connectivity index (χ4v) is 4.11. The number of aromatic nitrogens is 1. The Hall–Kier alpha value is -3.32. The van der Waals surface area contributed by atoms with Gasteiger partial charge in [0.1, 0.15) is 6.04 Å². The molecule has 1 aliphatic rings.